The molecule has 6 nitrogen and oxygen atoms in total. The number of amides is 4. The average molecular weight is 460 g/mol. The number of urea groups is 1. The summed E-state index contributed by atoms with van der Waals surface area (Å²) in [4.78, 5) is 42.2. The molecule has 1 N–H and O–H groups in total. The van der Waals surface area contributed by atoms with Gasteiger partial charge in [0.2, 0.25) is 0 Å². The number of anilines is 2. The van der Waals surface area contributed by atoms with Gasteiger partial charge in [0.25, 0.3) is 11.8 Å². The molecule has 1 fully saturated rings. The summed E-state index contributed by atoms with van der Waals surface area (Å²) in [5.41, 5.74) is 6.54. The van der Waals surface area contributed by atoms with Crippen molar-refractivity contribution in [2.75, 3.05) is 16.3 Å². The molecule has 0 aliphatic carbocycles. The Morgan fingerprint density at radius 3 is 2.29 bits per heavy atom. The third-order valence-electron chi connectivity index (χ3n) is 6.96. The summed E-state index contributed by atoms with van der Waals surface area (Å²) in [6.07, 6.45) is 2.64. The van der Waals surface area contributed by atoms with Crippen LogP contribution < -0.4 is 15.1 Å². The smallest absolute Gasteiger partial charge is 0.335 e. The van der Waals surface area contributed by atoms with E-state index in [0.717, 1.165) is 40.1 Å². The van der Waals surface area contributed by atoms with E-state index in [2.05, 4.69) is 50.0 Å². The van der Waals surface area contributed by atoms with Crippen LogP contribution in [0.5, 0.6) is 0 Å². The first kappa shape index (κ1) is 23.7. The molecule has 0 radical (unpaired) electrons. The first-order valence-electron chi connectivity index (χ1n) is 11.8. The van der Waals surface area contributed by atoms with Crippen molar-refractivity contribution in [2.24, 2.45) is 0 Å². The van der Waals surface area contributed by atoms with E-state index < -0.39 is 17.8 Å². The van der Waals surface area contributed by atoms with Crippen LogP contribution in [-0.2, 0) is 9.59 Å². The van der Waals surface area contributed by atoms with Crippen molar-refractivity contribution in [3.05, 3.63) is 63.7 Å². The number of hydrogen-bond acceptors (Lipinski definition) is 4. The first-order chi connectivity index (χ1) is 15.9. The number of aryl methyl sites for hydroxylation is 3. The highest BCUT2D eigenvalue weighted by molar-refractivity contribution is 6.39. The number of barbiturate groups is 1. The quantitative estimate of drug-likeness (QED) is 0.494. The summed E-state index contributed by atoms with van der Waals surface area (Å²) in [5, 5.41) is 2.34. The van der Waals surface area contributed by atoms with Crippen LogP contribution in [0.1, 0.15) is 67.9 Å². The Morgan fingerprint density at radius 2 is 1.68 bits per heavy atom. The lowest BCUT2D eigenvalue weighted by atomic mass is 9.79. The molecule has 2 aliphatic rings. The van der Waals surface area contributed by atoms with Gasteiger partial charge in [-0.3, -0.25) is 14.9 Å². The van der Waals surface area contributed by atoms with E-state index >= 15 is 0 Å². The standard InChI is InChI=1S/C28H33N3O3/c1-8-30-24-12-18(4)20(13-22(24)19(5)15-28(30,6)7)14-23-25(32)29-27(34)31(26(23)33)21-10-16(2)9-17(3)11-21/h9-14,19H,8,15H2,1-7H3,(H,29,32,34)/b23-14-. The molecule has 0 saturated carbocycles. The lowest BCUT2D eigenvalue weighted by Crippen LogP contribution is -2.54. The molecule has 1 unspecified atom stereocenters. The maximum atomic E-state index is 13.4. The van der Waals surface area contributed by atoms with E-state index in [1.54, 1.807) is 18.2 Å². The number of fused-ring (bicyclic) bond motifs is 1. The van der Waals surface area contributed by atoms with Crippen molar-refractivity contribution in [3.63, 3.8) is 0 Å². The number of nitrogens with zero attached hydrogens (tertiary/aromatic N) is 2. The minimum Gasteiger partial charge on any atom is -0.366 e. The van der Waals surface area contributed by atoms with Crippen molar-refractivity contribution in [1.29, 1.82) is 0 Å². The largest absolute Gasteiger partial charge is 0.366 e. The second-order valence-corrected chi connectivity index (χ2v) is 10.2. The summed E-state index contributed by atoms with van der Waals surface area (Å²) in [6, 6.07) is 9.03. The van der Waals surface area contributed by atoms with Crippen LogP contribution in [0.25, 0.3) is 6.08 Å². The number of imide groups is 2. The molecule has 178 valence electrons. The molecule has 34 heavy (non-hydrogen) atoms. The first-order valence-corrected chi connectivity index (χ1v) is 11.8. The molecule has 6 heteroatoms. The van der Waals surface area contributed by atoms with Gasteiger partial charge >= 0.3 is 6.03 Å². The number of carbonyl (C=O) groups is 3. The molecule has 4 amide bonds. The second-order valence-electron chi connectivity index (χ2n) is 10.2. The van der Waals surface area contributed by atoms with Gasteiger partial charge in [-0.2, -0.15) is 0 Å². The van der Waals surface area contributed by atoms with Gasteiger partial charge < -0.3 is 4.90 Å². The summed E-state index contributed by atoms with van der Waals surface area (Å²) in [7, 11) is 0. The molecule has 2 aliphatic heterocycles. The molecule has 1 saturated heterocycles. The van der Waals surface area contributed by atoms with Crippen molar-refractivity contribution in [2.45, 2.75) is 66.3 Å². The summed E-state index contributed by atoms with van der Waals surface area (Å²) < 4.78 is 0. The molecular formula is C28H33N3O3. The van der Waals surface area contributed by atoms with Gasteiger partial charge in [0.1, 0.15) is 5.57 Å². The number of nitrogens with one attached hydrogen (secondary N) is 1. The monoisotopic (exact) mass is 459 g/mol. The minimum atomic E-state index is -0.728. The van der Waals surface area contributed by atoms with Gasteiger partial charge in [0.05, 0.1) is 5.69 Å². The van der Waals surface area contributed by atoms with Crippen LogP contribution >= 0.6 is 0 Å². The van der Waals surface area contributed by atoms with Crippen molar-refractivity contribution in [1.82, 2.24) is 5.32 Å². The Bertz CT molecular complexity index is 1220. The molecule has 0 spiro atoms. The zero-order valence-electron chi connectivity index (χ0n) is 21.1. The van der Waals surface area contributed by atoms with Crippen LogP contribution in [-0.4, -0.2) is 29.9 Å². The summed E-state index contributed by atoms with van der Waals surface area (Å²) in [6.45, 7) is 15.6. The zero-order valence-corrected chi connectivity index (χ0v) is 21.1. The molecule has 2 aromatic rings. The van der Waals surface area contributed by atoms with Crippen molar-refractivity contribution >= 4 is 35.3 Å². The summed E-state index contributed by atoms with van der Waals surface area (Å²) >= 11 is 0. The molecule has 2 heterocycles. The lowest BCUT2D eigenvalue weighted by molar-refractivity contribution is -0.122. The van der Waals surface area contributed by atoms with Gasteiger partial charge in [-0.15, -0.1) is 0 Å². The number of rotatable bonds is 3. The highest BCUT2D eigenvalue weighted by atomic mass is 16.2. The number of benzene rings is 2. The maximum absolute atomic E-state index is 13.4. The summed E-state index contributed by atoms with van der Waals surface area (Å²) in [5.74, 6) is -0.938. The van der Waals surface area contributed by atoms with E-state index in [1.807, 2.05) is 26.8 Å². The van der Waals surface area contributed by atoms with Gasteiger partial charge in [-0.05, 0) is 112 Å². The third kappa shape index (κ3) is 4.02. The Kier molecular flexibility index (Phi) is 5.88. The predicted octanol–water partition coefficient (Wildman–Crippen LogP) is 5.39. The van der Waals surface area contributed by atoms with E-state index in [9.17, 15) is 14.4 Å². The van der Waals surface area contributed by atoms with Crippen molar-refractivity contribution in [3.8, 4) is 0 Å². The lowest BCUT2D eigenvalue weighted by Gasteiger charge is -2.47. The van der Waals surface area contributed by atoms with E-state index in [-0.39, 0.29) is 11.1 Å². The van der Waals surface area contributed by atoms with Crippen LogP contribution in [0, 0.1) is 20.8 Å². The minimum absolute atomic E-state index is 0.0436. The van der Waals surface area contributed by atoms with E-state index in [4.69, 9.17) is 0 Å². The highest BCUT2D eigenvalue weighted by Gasteiger charge is 2.38. The van der Waals surface area contributed by atoms with E-state index in [0.29, 0.717) is 11.6 Å². The molecule has 1 atom stereocenters. The van der Waals surface area contributed by atoms with Crippen LogP contribution in [0.3, 0.4) is 0 Å². The highest BCUT2D eigenvalue weighted by Crippen LogP contribution is 2.44. The van der Waals surface area contributed by atoms with Crippen LogP contribution in [0.2, 0.25) is 0 Å². The van der Waals surface area contributed by atoms with Crippen LogP contribution in [0.4, 0.5) is 16.2 Å². The van der Waals surface area contributed by atoms with E-state index in [1.165, 1.54) is 11.3 Å². The van der Waals surface area contributed by atoms with Gasteiger partial charge in [-0.1, -0.05) is 13.0 Å². The zero-order chi connectivity index (χ0) is 24.9. The van der Waals surface area contributed by atoms with Gasteiger partial charge in [0.15, 0.2) is 0 Å². The Balaban J connectivity index is 1.79. The van der Waals surface area contributed by atoms with Gasteiger partial charge in [-0.25, -0.2) is 9.69 Å². The Hall–Kier alpha value is -3.41. The van der Waals surface area contributed by atoms with Gasteiger partial charge in [0, 0.05) is 17.8 Å². The molecule has 4 rings (SSSR count). The number of hydrogen-bond donors (Lipinski definition) is 1. The topological polar surface area (TPSA) is 69.7 Å². The number of carbonyl (C=O) groups excluding carboxylic acids is 3. The Morgan fingerprint density at radius 1 is 1.03 bits per heavy atom. The molecular weight excluding hydrogens is 426 g/mol. The fourth-order valence-electron chi connectivity index (χ4n) is 5.53. The average Bonchev–Trinajstić information content (AvgIpc) is 2.70. The molecule has 0 bridgehead atoms. The fraction of sp³-hybridized carbons (Fsp3) is 0.393. The fourth-order valence-corrected chi connectivity index (χ4v) is 5.53. The maximum Gasteiger partial charge on any atom is 0.335 e. The SMILES string of the molecule is CCN1c2cc(C)c(/C=C3/C(=O)NC(=O)N(c4cc(C)cc(C)c4)C3=O)cc2C(C)CC1(C)C. The molecule has 0 aromatic heterocycles. The Labute approximate surface area is 201 Å². The predicted molar refractivity (Wildman–Crippen MR) is 136 cm³/mol. The third-order valence-corrected chi connectivity index (χ3v) is 6.96. The molecule has 2 aromatic carbocycles. The van der Waals surface area contributed by atoms with Crippen molar-refractivity contribution < 1.29 is 14.4 Å². The van der Waals surface area contributed by atoms with Crippen LogP contribution in [0.15, 0.2) is 35.9 Å². The normalized spacial score (nSPS) is 21.1. The second kappa shape index (κ2) is 8.42.